The van der Waals surface area contributed by atoms with Crippen LogP contribution in [-0.2, 0) is 9.63 Å². The molecule has 0 fully saturated rings. The van der Waals surface area contributed by atoms with Crippen molar-refractivity contribution in [2.24, 2.45) is 5.16 Å². The number of oxime groups is 1. The molecule has 0 radical (unpaired) electrons. The third-order valence-electron chi connectivity index (χ3n) is 3.30. The summed E-state index contributed by atoms with van der Waals surface area (Å²) in [6.45, 7) is 7.26. The molecule has 0 spiro atoms. The maximum absolute atomic E-state index is 12.0. The number of hydrogen-bond acceptors (Lipinski definition) is 5. The highest BCUT2D eigenvalue weighted by Gasteiger charge is 2.17. The Morgan fingerprint density at radius 3 is 2.04 bits per heavy atom. The van der Waals surface area contributed by atoms with Crippen molar-refractivity contribution in [2.75, 3.05) is 0 Å². The van der Waals surface area contributed by atoms with E-state index in [2.05, 4.69) is 27.7 Å². The minimum Gasteiger partial charge on any atom is -0.479 e. The highest BCUT2D eigenvalue weighted by atomic mass is 127. The molecule has 5 nitrogen and oxygen atoms in total. The first-order valence-electron chi connectivity index (χ1n) is 8.44. The summed E-state index contributed by atoms with van der Waals surface area (Å²) in [5, 5.41) is 3.78. The van der Waals surface area contributed by atoms with Gasteiger partial charge in [0.15, 0.2) is 6.10 Å². The van der Waals surface area contributed by atoms with Gasteiger partial charge in [0.2, 0.25) is 0 Å². The smallest absolute Gasteiger partial charge is 0.374 e. The predicted molar refractivity (Wildman–Crippen MR) is 114 cm³/mol. The lowest BCUT2D eigenvalue weighted by Gasteiger charge is -2.12. The van der Waals surface area contributed by atoms with Gasteiger partial charge in [-0.05, 0) is 105 Å². The van der Waals surface area contributed by atoms with Crippen LogP contribution in [0.1, 0.15) is 27.7 Å². The van der Waals surface area contributed by atoms with Crippen LogP contribution in [0.5, 0.6) is 17.2 Å². The summed E-state index contributed by atoms with van der Waals surface area (Å²) in [5.74, 6) is 1.42. The summed E-state index contributed by atoms with van der Waals surface area (Å²) < 4.78 is 12.5. The first-order chi connectivity index (χ1) is 12.8. The maximum atomic E-state index is 12.0. The van der Waals surface area contributed by atoms with E-state index in [4.69, 9.17) is 14.3 Å². The Morgan fingerprint density at radius 2 is 1.48 bits per heavy atom. The highest BCUT2D eigenvalue weighted by Crippen LogP contribution is 2.25. The Bertz CT molecular complexity index is 822. The van der Waals surface area contributed by atoms with Crippen molar-refractivity contribution >= 4 is 34.3 Å². The van der Waals surface area contributed by atoms with Crippen molar-refractivity contribution in [1.82, 2.24) is 0 Å². The molecule has 6 heteroatoms. The molecule has 0 heterocycles. The van der Waals surface area contributed by atoms with E-state index in [1.54, 1.807) is 38.1 Å². The van der Waals surface area contributed by atoms with Gasteiger partial charge < -0.3 is 14.3 Å². The minimum absolute atomic E-state index is 0.541. The Labute approximate surface area is 173 Å². The van der Waals surface area contributed by atoms with Crippen molar-refractivity contribution in [1.29, 1.82) is 0 Å². The summed E-state index contributed by atoms with van der Waals surface area (Å²) in [7, 11) is 0. The lowest BCUT2D eigenvalue weighted by atomic mass is 10.3. The molecule has 0 aliphatic heterocycles. The lowest BCUT2D eigenvalue weighted by Crippen LogP contribution is -2.24. The van der Waals surface area contributed by atoms with Crippen LogP contribution in [0.3, 0.4) is 0 Å². The van der Waals surface area contributed by atoms with Crippen LogP contribution in [0.2, 0.25) is 0 Å². The SMILES string of the molecule is CC(C)=CC(C)=NOC(=O)C(C)Oc1ccc(Oc2ccc(I)cc2)cc1. The van der Waals surface area contributed by atoms with Gasteiger partial charge in [0.05, 0.1) is 5.71 Å². The first kappa shape index (κ1) is 21.0. The molecule has 0 bridgehead atoms. The molecular weight excluding hydrogens is 457 g/mol. The number of benzene rings is 2. The molecule has 0 saturated heterocycles. The van der Waals surface area contributed by atoms with Crippen molar-refractivity contribution in [3.8, 4) is 17.2 Å². The van der Waals surface area contributed by atoms with Gasteiger partial charge in [-0.2, -0.15) is 0 Å². The molecule has 0 aliphatic rings. The molecule has 142 valence electrons. The molecule has 0 saturated carbocycles. The molecule has 1 atom stereocenters. The number of hydrogen-bond donors (Lipinski definition) is 0. The van der Waals surface area contributed by atoms with Gasteiger partial charge in [0.1, 0.15) is 17.2 Å². The van der Waals surface area contributed by atoms with Gasteiger partial charge in [-0.1, -0.05) is 10.7 Å². The van der Waals surface area contributed by atoms with E-state index in [1.807, 2.05) is 44.2 Å². The van der Waals surface area contributed by atoms with Crippen LogP contribution in [0, 0.1) is 3.57 Å². The Kier molecular flexibility index (Phi) is 7.84. The van der Waals surface area contributed by atoms with Crippen LogP contribution < -0.4 is 9.47 Å². The van der Waals surface area contributed by atoms with Crippen LogP contribution in [-0.4, -0.2) is 17.8 Å². The quantitative estimate of drug-likeness (QED) is 0.220. The van der Waals surface area contributed by atoms with Crippen LogP contribution in [0.4, 0.5) is 0 Å². The van der Waals surface area contributed by atoms with Gasteiger partial charge in [0.25, 0.3) is 0 Å². The fourth-order valence-electron chi connectivity index (χ4n) is 2.11. The lowest BCUT2D eigenvalue weighted by molar-refractivity contribution is -0.151. The normalized spacial score (nSPS) is 12.1. The number of allylic oxidation sites excluding steroid dienone is 2. The molecule has 0 amide bonds. The van der Waals surface area contributed by atoms with Gasteiger partial charge in [-0.15, -0.1) is 0 Å². The van der Waals surface area contributed by atoms with E-state index in [-0.39, 0.29) is 0 Å². The van der Waals surface area contributed by atoms with E-state index in [0.29, 0.717) is 17.2 Å². The summed E-state index contributed by atoms with van der Waals surface area (Å²) in [6.07, 6.45) is 1.04. The minimum atomic E-state index is -0.781. The summed E-state index contributed by atoms with van der Waals surface area (Å²) >= 11 is 2.24. The highest BCUT2D eigenvalue weighted by molar-refractivity contribution is 14.1. The van der Waals surface area contributed by atoms with Crippen molar-refractivity contribution in [3.05, 3.63) is 63.8 Å². The first-order valence-corrected chi connectivity index (χ1v) is 9.52. The van der Waals surface area contributed by atoms with E-state index in [0.717, 1.165) is 14.9 Å². The monoisotopic (exact) mass is 479 g/mol. The van der Waals surface area contributed by atoms with Crippen molar-refractivity contribution in [3.63, 3.8) is 0 Å². The average molecular weight is 479 g/mol. The fraction of sp³-hybridized carbons (Fsp3) is 0.238. The summed E-state index contributed by atoms with van der Waals surface area (Å²) in [5.41, 5.74) is 1.69. The summed E-state index contributed by atoms with van der Waals surface area (Å²) in [6, 6.07) is 14.8. The Hall–Kier alpha value is -2.35. The predicted octanol–water partition coefficient (Wildman–Crippen LogP) is 5.74. The van der Waals surface area contributed by atoms with E-state index >= 15 is 0 Å². The number of halogens is 1. The zero-order valence-electron chi connectivity index (χ0n) is 15.7. The molecule has 2 aromatic carbocycles. The molecule has 0 aliphatic carbocycles. The average Bonchev–Trinajstić information content (AvgIpc) is 2.62. The number of carbonyl (C=O) groups is 1. The molecule has 1 unspecified atom stereocenters. The van der Waals surface area contributed by atoms with Gasteiger partial charge in [0, 0.05) is 3.57 Å². The Balaban J connectivity index is 1.90. The zero-order chi connectivity index (χ0) is 19.8. The van der Waals surface area contributed by atoms with Crippen LogP contribution in [0.15, 0.2) is 65.3 Å². The second-order valence-corrected chi connectivity index (χ2v) is 7.40. The molecule has 2 rings (SSSR count). The van der Waals surface area contributed by atoms with E-state index < -0.39 is 12.1 Å². The third kappa shape index (κ3) is 7.42. The topological polar surface area (TPSA) is 57.1 Å². The molecule has 27 heavy (non-hydrogen) atoms. The number of ether oxygens (including phenoxy) is 2. The van der Waals surface area contributed by atoms with Gasteiger partial charge in [-0.25, -0.2) is 4.79 Å². The molecule has 0 aromatic heterocycles. The standard InChI is InChI=1S/C21H22INO4/c1-14(2)13-15(3)23-27-21(24)16(4)25-18-9-11-20(12-10-18)26-19-7-5-17(22)6-8-19/h5-13,16H,1-4H3. The van der Waals surface area contributed by atoms with E-state index in [9.17, 15) is 4.79 Å². The van der Waals surface area contributed by atoms with Crippen LogP contribution >= 0.6 is 22.6 Å². The summed E-state index contributed by atoms with van der Waals surface area (Å²) in [4.78, 5) is 16.9. The molecular formula is C21H22INO4. The Morgan fingerprint density at radius 1 is 0.963 bits per heavy atom. The third-order valence-corrected chi connectivity index (χ3v) is 4.01. The number of nitrogens with zero attached hydrogens (tertiary/aromatic N) is 1. The van der Waals surface area contributed by atoms with Gasteiger partial charge >= 0.3 is 5.97 Å². The van der Waals surface area contributed by atoms with Crippen molar-refractivity contribution in [2.45, 2.75) is 33.8 Å². The largest absolute Gasteiger partial charge is 0.479 e. The second-order valence-electron chi connectivity index (χ2n) is 6.15. The maximum Gasteiger partial charge on any atom is 0.374 e. The fourth-order valence-corrected chi connectivity index (χ4v) is 2.47. The number of rotatable bonds is 7. The second kappa shape index (κ2) is 10.1. The number of carbonyl (C=O) groups excluding carboxylic acids is 1. The molecule has 0 N–H and O–H groups in total. The van der Waals surface area contributed by atoms with Crippen LogP contribution in [0.25, 0.3) is 0 Å². The zero-order valence-corrected chi connectivity index (χ0v) is 17.9. The van der Waals surface area contributed by atoms with Crippen molar-refractivity contribution < 1.29 is 19.1 Å². The molecule has 2 aromatic rings. The van der Waals surface area contributed by atoms with E-state index in [1.165, 1.54) is 0 Å². The van der Waals surface area contributed by atoms with Gasteiger partial charge in [-0.3, -0.25) is 0 Å².